The molecule has 23 heavy (non-hydrogen) atoms. The summed E-state index contributed by atoms with van der Waals surface area (Å²) in [5, 5.41) is 13.5. The van der Waals surface area contributed by atoms with E-state index in [1.807, 2.05) is 54.6 Å². The number of benzene rings is 2. The van der Waals surface area contributed by atoms with Gasteiger partial charge in [-0.2, -0.15) is 0 Å². The zero-order valence-electron chi connectivity index (χ0n) is 13.0. The highest BCUT2D eigenvalue weighted by molar-refractivity contribution is 5.89. The lowest BCUT2D eigenvalue weighted by molar-refractivity contribution is -0.131. The maximum absolute atomic E-state index is 13.0. The van der Waals surface area contributed by atoms with E-state index < -0.39 is 11.5 Å². The van der Waals surface area contributed by atoms with Gasteiger partial charge >= 0.3 is 0 Å². The van der Waals surface area contributed by atoms with E-state index in [2.05, 4.69) is 5.32 Å². The molecule has 2 aromatic rings. The van der Waals surface area contributed by atoms with Gasteiger partial charge in [-0.15, -0.1) is 0 Å². The average Bonchev–Trinajstić information content (AvgIpc) is 2.83. The molecule has 0 heterocycles. The highest BCUT2D eigenvalue weighted by Gasteiger charge is 2.47. The quantitative estimate of drug-likeness (QED) is 0.916. The Bertz CT molecular complexity index is 721. The zero-order chi connectivity index (χ0) is 15.9. The fourth-order valence-electron chi connectivity index (χ4n) is 3.96. The van der Waals surface area contributed by atoms with E-state index >= 15 is 0 Å². The second-order valence-electron chi connectivity index (χ2n) is 6.72. The Labute approximate surface area is 136 Å². The van der Waals surface area contributed by atoms with Crippen LogP contribution < -0.4 is 5.32 Å². The van der Waals surface area contributed by atoms with E-state index in [4.69, 9.17) is 0 Å². The third kappa shape index (κ3) is 2.27. The summed E-state index contributed by atoms with van der Waals surface area (Å²) < 4.78 is 0. The fraction of sp³-hybridized carbons (Fsp3) is 0.350. The zero-order valence-corrected chi connectivity index (χ0v) is 13.0. The lowest BCUT2D eigenvalue weighted by Crippen LogP contribution is -2.51. The van der Waals surface area contributed by atoms with Gasteiger partial charge in [-0.05, 0) is 29.5 Å². The van der Waals surface area contributed by atoms with Gasteiger partial charge in [0.1, 0.15) is 0 Å². The van der Waals surface area contributed by atoms with E-state index in [-0.39, 0.29) is 11.9 Å². The van der Waals surface area contributed by atoms with Crippen molar-refractivity contribution in [1.29, 1.82) is 0 Å². The molecule has 2 N–H and O–H groups in total. The van der Waals surface area contributed by atoms with Crippen LogP contribution in [0, 0.1) is 0 Å². The van der Waals surface area contributed by atoms with Crippen molar-refractivity contribution in [2.45, 2.75) is 43.2 Å². The maximum atomic E-state index is 13.0. The van der Waals surface area contributed by atoms with Crippen molar-refractivity contribution in [2.75, 3.05) is 0 Å². The Kier molecular flexibility index (Phi) is 3.46. The van der Waals surface area contributed by atoms with Crippen LogP contribution >= 0.6 is 0 Å². The molecule has 1 amide bonds. The van der Waals surface area contributed by atoms with Gasteiger partial charge in [-0.3, -0.25) is 4.79 Å². The number of nitrogens with one attached hydrogen (secondary N) is 1. The average molecular weight is 307 g/mol. The van der Waals surface area contributed by atoms with E-state index in [0.717, 1.165) is 36.0 Å². The SMILES string of the molecule is O=C(NC1c2ccccc2CC1O)C1(c2ccccc2)CCC1. The molecular formula is C20H21NO2. The molecule has 2 aliphatic rings. The number of rotatable bonds is 3. The lowest BCUT2D eigenvalue weighted by Gasteiger charge is -2.41. The normalized spacial score (nSPS) is 24.6. The third-order valence-electron chi connectivity index (χ3n) is 5.46. The maximum Gasteiger partial charge on any atom is 0.231 e. The summed E-state index contributed by atoms with van der Waals surface area (Å²) >= 11 is 0. The summed E-state index contributed by atoms with van der Waals surface area (Å²) in [6.07, 6.45) is 2.91. The molecule has 1 fully saturated rings. The second-order valence-corrected chi connectivity index (χ2v) is 6.72. The minimum absolute atomic E-state index is 0.0516. The largest absolute Gasteiger partial charge is 0.390 e. The van der Waals surface area contributed by atoms with Gasteiger partial charge < -0.3 is 10.4 Å². The number of carbonyl (C=O) groups is 1. The molecular weight excluding hydrogens is 286 g/mol. The Morgan fingerprint density at radius 1 is 1.04 bits per heavy atom. The summed E-state index contributed by atoms with van der Waals surface area (Å²) in [5.74, 6) is 0.0516. The van der Waals surface area contributed by atoms with Crippen LogP contribution in [0.5, 0.6) is 0 Å². The summed E-state index contributed by atoms with van der Waals surface area (Å²) in [7, 11) is 0. The van der Waals surface area contributed by atoms with Crippen molar-refractivity contribution in [1.82, 2.24) is 5.32 Å². The Morgan fingerprint density at radius 3 is 2.43 bits per heavy atom. The van der Waals surface area contributed by atoms with Crippen molar-refractivity contribution in [2.24, 2.45) is 0 Å². The van der Waals surface area contributed by atoms with Crippen LogP contribution in [0.15, 0.2) is 54.6 Å². The van der Waals surface area contributed by atoms with Crippen LogP contribution in [0.3, 0.4) is 0 Å². The molecule has 0 bridgehead atoms. The van der Waals surface area contributed by atoms with Crippen molar-refractivity contribution >= 4 is 5.91 Å². The molecule has 2 aliphatic carbocycles. The minimum Gasteiger partial charge on any atom is -0.390 e. The standard InChI is InChI=1S/C20H21NO2/c22-17-13-14-7-4-5-10-16(14)18(17)21-19(23)20(11-6-12-20)15-8-2-1-3-9-15/h1-5,7-10,17-18,22H,6,11-13H2,(H,21,23). The van der Waals surface area contributed by atoms with Gasteiger partial charge in [-0.25, -0.2) is 0 Å². The number of fused-ring (bicyclic) bond motifs is 1. The summed E-state index contributed by atoms with van der Waals surface area (Å²) in [6, 6.07) is 17.7. The molecule has 1 saturated carbocycles. The van der Waals surface area contributed by atoms with Crippen LogP contribution in [-0.4, -0.2) is 17.1 Å². The van der Waals surface area contributed by atoms with Crippen LogP contribution in [0.2, 0.25) is 0 Å². The number of aliphatic hydroxyl groups is 1. The molecule has 2 unspecified atom stereocenters. The molecule has 3 nitrogen and oxygen atoms in total. The minimum atomic E-state index is -0.538. The van der Waals surface area contributed by atoms with Gasteiger partial charge in [0.2, 0.25) is 5.91 Å². The van der Waals surface area contributed by atoms with Crippen molar-refractivity contribution in [3.05, 3.63) is 71.3 Å². The van der Waals surface area contributed by atoms with E-state index in [1.165, 1.54) is 0 Å². The number of hydrogen-bond acceptors (Lipinski definition) is 2. The van der Waals surface area contributed by atoms with Gasteiger partial charge in [0, 0.05) is 6.42 Å². The molecule has 0 spiro atoms. The molecule has 118 valence electrons. The smallest absolute Gasteiger partial charge is 0.231 e. The first-order valence-electron chi connectivity index (χ1n) is 8.33. The number of carbonyl (C=O) groups excluding carboxylic acids is 1. The van der Waals surface area contributed by atoms with Gasteiger partial charge in [-0.1, -0.05) is 61.0 Å². The predicted molar refractivity (Wildman–Crippen MR) is 89.0 cm³/mol. The van der Waals surface area contributed by atoms with Gasteiger partial charge in [0.05, 0.1) is 17.6 Å². The number of aliphatic hydroxyl groups excluding tert-OH is 1. The summed E-state index contributed by atoms with van der Waals surface area (Å²) in [6.45, 7) is 0. The Balaban J connectivity index is 1.61. The van der Waals surface area contributed by atoms with Crippen molar-refractivity contribution in [3.63, 3.8) is 0 Å². The second kappa shape index (κ2) is 5.50. The molecule has 2 atom stereocenters. The van der Waals surface area contributed by atoms with Crippen molar-refractivity contribution < 1.29 is 9.90 Å². The monoisotopic (exact) mass is 307 g/mol. The Morgan fingerprint density at radius 2 is 1.74 bits per heavy atom. The molecule has 0 radical (unpaired) electrons. The molecule has 0 aromatic heterocycles. The molecule has 0 saturated heterocycles. The van der Waals surface area contributed by atoms with E-state index in [0.29, 0.717) is 6.42 Å². The van der Waals surface area contributed by atoms with Crippen molar-refractivity contribution in [3.8, 4) is 0 Å². The summed E-state index contributed by atoms with van der Waals surface area (Å²) in [5.41, 5.74) is 2.85. The van der Waals surface area contributed by atoms with E-state index in [9.17, 15) is 9.90 Å². The molecule has 4 rings (SSSR count). The van der Waals surface area contributed by atoms with Gasteiger partial charge in [0.25, 0.3) is 0 Å². The number of amides is 1. The highest BCUT2D eigenvalue weighted by Crippen LogP contribution is 2.45. The number of hydrogen-bond donors (Lipinski definition) is 2. The van der Waals surface area contributed by atoms with Crippen LogP contribution in [0.25, 0.3) is 0 Å². The van der Waals surface area contributed by atoms with Crippen LogP contribution in [-0.2, 0) is 16.6 Å². The Hall–Kier alpha value is -2.13. The van der Waals surface area contributed by atoms with Gasteiger partial charge in [0.15, 0.2) is 0 Å². The van der Waals surface area contributed by atoms with E-state index in [1.54, 1.807) is 0 Å². The summed E-state index contributed by atoms with van der Waals surface area (Å²) in [4.78, 5) is 13.0. The third-order valence-corrected chi connectivity index (χ3v) is 5.46. The highest BCUT2D eigenvalue weighted by atomic mass is 16.3. The first-order chi connectivity index (χ1) is 11.2. The fourth-order valence-corrected chi connectivity index (χ4v) is 3.96. The molecule has 2 aromatic carbocycles. The molecule has 0 aliphatic heterocycles. The lowest BCUT2D eigenvalue weighted by atomic mass is 9.63. The van der Waals surface area contributed by atoms with Crippen LogP contribution in [0.1, 0.15) is 42.0 Å². The first-order valence-corrected chi connectivity index (χ1v) is 8.33. The topological polar surface area (TPSA) is 49.3 Å². The molecule has 3 heteroatoms. The first kappa shape index (κ1) is 14.5. The predicted octanol–water partition coefficient (Wildman–Crippen LogP) is 2.88. The van der Waals surface area contributed by atoms with Crippen LogP contribution in [0.4, 0.5) is 0 Å².